The number of carbonyl (C=O) groups excluding carboxylic acids is 1. The maximum absolute atomic E-state index is 10.9. The maximum Gasteiger partial charge on any atom is 0.231 e. The molecule has 5 nitrogen and oxygen atoms in total. The van der Waals surface area contributed by atoms with Crippen molar-refractivity contribution in [3.8, 4) is 0 Å². The third-order valence-corrected chi connectivity index (χ3v) is 3.49. The summed E-state index contributed by atoms with van der Waals surface area (Å²) in [5.74, 6) is 0.761. The number of primary amides is 1. The van der Waals surface area contributed by atoms with Crippen molar-refractivity contribution in [3.63, 3.8) is 0 Å². The largest absolute Gasteiger partial charge is 0.369 e. The number of nitrogens with zero attached hydrogens (tertiary/aromatic N) is 3. The van der Waals surface area contributed by atoms with Crippen LogP contribution in [0.15, 0.2) is 24.4 Å². The topological polar surface area (TPSA) is 62.5 Å². The Kier molecular flexibility index (Phi) is 4.15. The van der Waals surface area contributed by atoms with Gasteiger partial charge in [-0.15, -0.1) is 0 Å². The fraction of sp³-hybridized carbons (Fsp3) is 0.538. The second-order valence-electron chi connectivity index (χ2n) is 4.77. The van der Waals surface area contributed by atoms with Crippen LogP contribution in [0.4, 0.5) is 5.82 Å². The molecule has 0 saturated carbocycles. The summed E-state index contributed by atoms with van der Waals surface area (Å²) in [4.78, 5) is 19.6. The lowest BCUT2D eigenvalue weighted by Crippen LogP contribution is -2.46. The van der Waals surface area contributed by atoms with Crippen LogP contribution in [0.1, 0.15) is 12.8 Å². The van der Waals surface area contributed by atoms with E-state index in [1.165, 1.54) is 0 Å². The Morgan fingerprint density at radius 3 is 2.78 bits per heavy atom. The van der Waals surface area contributed by atoms with Crippen molar-refractivity contribution in [2.75, 3.05) is 31.6 Å². The smallest absolute Gasteiger partial charge is 0.231 e. The Morgan fingerprint density at radius 1 is 1.50 bits per heavy atom. The van der Waals surface area contributed by atoms with Crippen LogP contribution in [0.5, 0.6) is 0 Å². The highest BCUT2D eigenvalue weighted by Crippen LogP contribution is 2.19. The zero-order valence-electron chi connectivity index (χ0n) is 10.7. The molecule has 1 aliphatic rings. The highest BCUT2D eigenvalue weighted by molar-refractivity contribution is 5.75. The molecule has 0 spiro atoms. The molecule has 2 heterocycles. The zero-order chi connectivity index (χ0) is 13.0. The molecule has 18 heavy (non-hydrogen) atoms. The predicted molar refractivity (Wildman–Crippen MR) is 71.3 cm³/mol. The number of amides is 1. The lowest BCUT2D eigenvalue weighted by molar-refractivity contribution is -0.119. The van der Waals surface area contributed by atoms with E-state index in [0.29, 0.717) is 12.6 Å². The molecule has 0 atom stereocenters. The quantitative estimate of drug-likeness (QED) is 0.841. The number of rotatable bonds is 4. The van der Waals surface area contributed by atoms with Crippen LogP contribution in [0.2, 0.25) is 0 Å². The zero-order valence-corrected chi connectivity index (χ0v) is 10.7. The summed E-state index contributed by atoms with van der Waals surface area (Å²) in [5, 5.41) is 0. The normalized spacial score (nSPS) is 17.6. The van der Waals surface area contributed by atoms with Crippen LogP contribution in [0.25, 0.3) is 0 Å². The van der Waals surface area contributed by atoms with Crippen molar-refractivity contribution in [2.45, 2.75) is 18.9 Å². The van der Waals surface area contributed by atoms with Gasteiger partial charge in [0.2, 0.25) is 5.91 Å². The fourth-order valence-corrected chi connectivity index (χ4v) is 2.43. The van der Waals surface area contributed by atoms with Gasteiger partial charge >= 0.3 is 0 Å². The molecule has 1 fully saturated rings. The van der Waals surface area contributed by atoms with Crippen molar-refractivity contribution >= 4 is 11.7 Å². The molecule has 0 bridgehead atoms. The van der Waals surface area contributed by atoms with Gasteiger partial charge in [-0.25, -0.2) is 4.98 Å². The van der Waals surface area contributed by atoms with Gasteiger partial charge in [0, 0.05) is 32.4 Å². The minimum absolute atomic E-state index is 0.244. The predicted octanol–water partition coefficient (Wildman–Crippen LogP) is 0.468. The van der Waals surface area contributed by atoms with E-state index in [-0.39, 0.29) is 5.91 Å². The Bertz CT molecular complexity index is 387. The first-order valence-electron chi connectivity index (χ1n) is 6.31. The van der Waals surface area contributed by atoms with E-state index in [1.807, 2.05) is 24.4 Å². The standard InChI is InChI=1S/C13H20N4O/c1-16(13-4-2-3-7-15-13)11-5-8-17(9-6-11)10-12(14)18/h2-4,7,11H,5-6,8-10H2,1H3,(H2,14,18). The van der Waals surface area contributed by atoms with Gasteiger partial charge in [0.15, 0.2) is 0 Å². The van der Waals surface area contributed by atoms with E-state index < -0.39 is 0 Å². The van der Waals surface area contributed by atoms with Crippen molar-refractivity contribution in [3.05, 3.63) is 24.4 Å². The molecule has 98 valence electrons. The highest BCUT2D eigenvalue weighted by Gasteiger charge is 2.23. The summed E-state index contributed by atoms with van der Waals surface area (Å²) in [7, 11) is 2.08. The van der Waals surface area contributed by atoms with Crippen LogP contribution < -0.4 is 10.6 Å². The SMILES string of the molecule is CN(c1ccccn1)C1CCN(CC(N)=O)CC1. The van der Waals surface area contributed by atoms with Crippen molar-refractivity contribution in [1.82, 2.24) is 9.88 Å². The van der Waals surface area contributed by atoms with Gasteiger partial charge in [0.25, 0.3) is 0 Å². The van der Waals surface area contributed by atoms with Crippen LogP contribution in [0.3, 0.4) is 0 Å². The van der Waals surface area contributed by atoms with Crippen LogP contribution in [-0.4, -0.2) is 48.5 Å². The molecule has 0 aliphatic carbocycles. The molecular formula is C13H20N4O. The van der Waals surface area contributed by atoms with E-state index >= 15 is 0 Å². The average Bonchev–Trinajstić information content (AvgIpc) is 2.39. The van der Waals surface area contributed by atoms with E-state index in [9.17, 15) is 4.79 Å². The number of pyridine rings is 1. The molecule has 1 amide bonds. The van der Waals surface area contributed by atoms with Gasteiger partial charge in [-0.3, -0.25) is 9.69 Å². The Labute approximate surface area is 108 Å². The first-order valence-corrected chi connectivity index (χ1v) is 6.31. The fourth-order valence-electron chi connectivity index (χ4n) is 2.43. The number of anilines is 1. The summed E-state index contributed by atoms with van der Waals surface area (Å²) >= 11 is 0. The summed E-state index contributed by atoms with van der Waals surface area (Å²) in [6, 6.07) is 6.44. The number of aromatic nitrogens is 1. The molecule has 5 heteroatoms. The number of hydrogen-bond donors (Lipinski definition) is 1. The van der Waals surface area contributed by atoms with Gasteiger partial charge in [-0.1, -0.05) is 6.07 Å². The molecule has 0 aromatic carbocycles. The molecule has 1 aromatic rings. The first kappa shape index (κ1) is 12.8. The Morgan fingerprint density at radius 2 is 2.22 bits per heavy atom. The number of piperidine rings is 1. The van der Waals surface area contributed by atoms with Crippen molar-refractivity contribution < 1.29 is 4.79 Å². The number of likely N-dealkylation sites (tertiary alicyclic amines) is 1. The van der Waals surface area contributed by atoms with E-state index in [1.54, 1.807) is 0 Å². The third-order valence-electron chi connectivity index (χ3n) is 3.49. The molecule has 2 rings (SSSR count). The lowest BCUT2D eigenvalue weighted by Gasteiger charge is -2.36. The molecule has 0 radical (unpaired) electrons. The lowest BCUT2D eigenvalue weighted by atomic mass is 10.0. The molecular weight excluding hydrogens is 228 g/mol. The maximum atomic E-state index is 10.9. The molecule has 1 saturated heterocycles. The van der Waals surface area contributed by atoms with Gasteiger partial charge in [-0.05, 0) is 25.0 Å². The van der Waals surface area contributed by atoms with E-state index in [2.05, 4.69) is 21.8 Å². The Balaban J connectivity index is 1.88. The van der Waals surface area contributed by atoms with Gasteiger partial charge in [-0.2, -0.15) is 0 Å². The molecule has 2 N–H and O–H groups in total. The highest BCUT2D eigenvalue weighted by atomic mass is 16.1. The van der Waals surface area contributed by atoms with Crippen LogP contribution in [0, 0.1) is 0 Å². The van der Waals surface area contributed by atoms with Crippen molar-refractivity contribution in [2.24, 2.45) is 5.73 Å². The summed E-state index contributed by atoms with van der Waals surface area (Å²) in [6.07, 6.45) is 3.90. The minimum Gasteiger partial charge on any atom is -0.369 e. The first-order chi connectivity index (χ1) is 8.66. The van der Waals surface area contributed by atoms with Gasteiger partial charge < -0.3 is 10.6 Å². The van der Waals surface area contributed by atoms with Crippen LogP contribution >= 0.6 is 0 Å². The van der Waals surface area contributed by atoms with Crippen molar-refractivity contribution in [1.29, 1.82) is 0 Å². The second kappa shape index (κ2) is 5.82. The van der Waals surface area contributed by atoms with E-state index in [4.69, 9.17) is 5.73 Å². The molecule has 1 aliphatic heterocycles. The van der Waals surface area contributed by atoms with Crippen LogP contribution in [-0.2, 0) is 4.79 Å². The molecule has 0 unspecified atom stereocenters. The summed E-state index contributed by atoms with van der Waals surface area (Å²) in [6.45, 7) is 2.22. The van der Waals surface area contributed by atoms with Gasteiger partial charge in [0.1, 0.15) is 5.82 Å². The number of hydrogen-bond acceptors (Lipinski definition) is 4. The monoisotopic (exact) mass is 248 g/mol. The average molecular weight is 248 g/mol. The third kappa shape index (κ3) is 3.20. The summed E-state index contributed by atoms with van der Waals surface area (Å²) in [5.41, 5.74) is 5.21. The van der Waals surface area contributed by atoms with E-state index in [0.717, 1.165) is 31.7 Å². The summed E-state index contributed by atoms with van der Waals surface area (Å²) < 4.78 is 0. The number of carbonyl (C=O) groups is 1. The number of nitrogens with two attached hydrogens (primary N) is 1. The second-order valence-corrected chi connectivity index (χ2v) is 4.77. The van der Waals surface area contributed by atoms with Gasteiger partial charge in [0.05, 0.1) is 6.54 Å². The molecule has 1 aromatic heterocycles. The minimum atomic E-state index is -0.244. The Hall–Kier alpha value is -1.62.